The molecule has 1 aromatic rings. The summed E-state index contributed by atoms with van der Waals surface area (Å²) in [4.78, 5) is 12.3. The molecular formula is C11H17N3O2. The Bertz CT molecular complexity index is 379. The van der Waals surface area contributed by atoms with Crippen molar-refractivity contribution in [2.75, 3.05) is 25.0 Å². The Morgan fingerprint density at radius 1 is 1.50 bits per heavy atom. The number of aryl methyl sites for hydroxylation is 1. The average molecular weight is 223 g/mol. The van der Waals surface area contributed by atoms with Crippen LogP contribution in [-0.4, -0.2) is 25.1 Å². The monoisotopic (exact) mass is 223 g/mol. The van der Waals surface area contributed by atoms with E-state index in [1.807, 2.05) is 14.0 Å². The van der Waals surface area contributed by atoms with Crippen molar-refractivity contribution in [3.63, 3.8) is 0 Å². The lowest BCUT2D eigenvalue weighted by atomic mass is 10.1. The van der Waals surface area contributed by atoms with Gasteiger partial charge in [-0.3, -0.25) is 10.1 Å². The molecule has 1 rings (SSSR count). The largest absolute Gasteiger partial charge is 0.374 e. The molecular weight excluding hydrogens is 206 g/mol. The fraction of sp³-hybridized carbons (Fsp3) is 0.455. The second-order valence-electron chi connectivity index (χ2n) is 3.79. The Labute approximate surface area is 95.0 Å². The molecule has 0 radical (unpaired) electrons. The van der Waals surface area contributed by atoms with Crippen LogP contribution in [0.15, 0.2) is 18.2 Å². The number of hydrogen-bond acceptors (Lipinski definition) is 4. The average Bonchev–Trinajstić information content (AvgIpc) is 2.25. The van der Waals surface area contributed by atoms with Crippen LogP contribution in [0.25, 0.3) is 0 Å². The van der Waals surface area contributed by atoms with E-state index in [9.17, 15) is 10.1 Å². The van der Waals surface area contributed by atoms with Crippen LogP contribution < -0.4 is 10.6 Å². The topological polar surface area (TPSA) is 72.4 Å². The maximum absolute atomic E-state index is 10.6. The molecule has 0 aliphatic rings. The standard InChI is InChI=1S/C11H17N3O2/c1-9-8-10(14(15)16)4-5-11(9)13(2)7-3-6-12/h4-5,8H,3,6-7,12H2,1-2H3. The van der Waals surface area contributed by atoms with Crippen molar-refractivity contribution in [2.24, 2.45) is 5.73 Å². The van der Waals surface area contributed by atoms with Crippen LogP contribution in [0.3, 0.4) is 0 Å². The number of non-ortho nitro benzene ring substituents is 1. The first-order valence-electron chi connectivity index (χ1n) is 5.22. The highest BCUT2D eigenvalue weighted by molar-refractivity contribution is 5.56. The fourth-order valence-corrected chi connectivity index (χ4v) is 1.63. The van der Waals surface area contributed by atoms with E-state index in [1.54, 1.807) is 12.1 Å². The fourth-order valence-electron chi connectivity index (χ4n) is 1.63. The summed E-state index contributed by atoms with van der Waals surface area (Å²) in [7, 11) is 1.96. The SMILES string of the molecule is Cc1cc([N+](=O)[O-])ccc1N(C)CCCN. The highest BCUT2D eigenvalue weighted by atomic mass is 16.6. The molecule has 0 unspecified atom stereocenters. The van der Waals surface area contributed by atoms with Gasteiger partial charge in [0.1, 0.15) is 0 Å². The normalized spacial score (nSPS) is 10.2. The van der Waals surface area contributed by atoms with Crippen molar-refractivity contribution in [3.8, 4) is 0 Å². The first-order valence-corrected chi connectivity index (χ1v) is 5.22. The number of nitrogens with zero attached hydrogens (tertiary/aromatic N) is 2. The highest BCUT2D eigenvalue weighted by Crippen LogP contribution is 2.23. The third-order valence-corrected chi connectivity index (χ3v) is 2.50. The Morgan fingerprint density at radius 2 is 2.19 bits per heavy atom. The Morgan fingerprint density at radius 3 is 2.69 bits per heavy atom. The van der Waals surface area contributed by atoms with Crippen molar-refractivity contribution in [2.45, 2.75) is 13.3 Å². The van der Waals surface area contributed by atoms with E-state index in [0.717, 1.165) is 24.2 Å². The molecule has 0 aliphatic carbocycles. The van der Waals surface area contributed by atoms with Crippen LogP contribution >= 0.6 is 0 Å². The van der Waals surface area contributed by atoms with Crippen LogP contribution in [0.1, 0.15) is 12.0 Å². The zero-order valence-electron chi connectivity index (χ0n) is 9.64. The van der Waals surface area contributed by atoms with Crippen LogP contribution in [0, 0.1) is 17.0 Å². The van der Waals surface area contributed by atoms with Crippen LogP contribution in [0.2, 0.25) is 0 Å². The van der Waals surface area contributed by atoms with Crippen LogP contribution in [0.5, 0.6) is 0 Å². The minimum atomic E-state index is -0.378. The number of anilines is 1. The van der Waals surface area contributed by atoms with E-state index >= 15 is 0 Å². The second kappa shape index (κ2) is 5.46. The maximum atomic E-state index is 10.6. The van der Waals surface area contributed by atoms with Gasteiger partial charge < -0.3 is 10.6 Å². The third kappa shape index (κ3) is 2.93. The van der Waals surface area contributed by atoms with Crippen molar-refractivity contribution in [1.29, 1.82) is 0 Å². The molecule has 0 aromatic heterocycles. The number of hydrogen-bond donors (Lipinski definition) is 1. The van der Waals surface area contributed by atoms with E-state index < -0.39 is 0 Å². The summed E-state index contributed by atoms with van der Waals surface area (Å²) in [5.41, 5.74) is 7.50. The van der Waals surface area contributed by atoms with Crippen LogP contribution in [0.4, 0.5) is 11.4 Å². The quantitative estimate of drug-likeness (QED) is 0.609. The summed E-state index contributed by atoms with van der Waals surface area (Å²) in [6.07, 6.45) is 0.910. The molecule has 0 saturated heterocycles. The Kier molecular flexibility index (Phi) is 4.25. The van der Waals surface area contributed by atoms with E-state index in [4.69, 9.17) is 5.73 Å². The van der Waals surface area contributed by atoms with E-state index in [-0.39, 0.29) is 10.6 Å². The summed E-state index contributed by atoms with van der Waals surface area (Å²) in [5, 5.41) is 10.6. The summed E-state index contributed by atoms with van der Waals surface area (Å²) in [5.74, 6) is 0. The van der Waals surface area contributed by atoms with Gasteiger partial charge in [-0.15, -0.1) is 0 Å². The zero-order valence-corrected chi connectivity index (χ0v) is 9.64. The molecule has 0 fully saturated rings. The first-order chi connectivity index (χ1) is 7.56. The van der Waals surface area contributed by atoms with Gasteiger partial charge in [0.25, 0.3) is 5.69 Å². The zero-order chi connectivity index (χ0) is 12.1. The lowest BCUT2D eigenvalue weighted by molar-refractivity contribution is -0.384. The number of nitro benzene ring substituents is 1. The van der Waals surface area contributed by atoms with Gasteiger partial charge in [-0.1, -0.05) is 0 Å². The van der Waals surface area contributed by atoms with Gasteiger partial charge in [-0.2, -0.15) is 0 Å². The van der Waals surface area contributed by atoms with Gasteiger partial charge in [0.05, 0.1) is 4.92 Å². The molecule has 2 N–H and O–H groups in total. The van der Waals surface area contributed by atoms with Crippen molar-refractivity contribution in [1.82, 2.24) is 0 Å². The maximum Gasteiger partial charge on any atom is 0.269 e. The molecule has 1 aromatic carbocycles. The summed E-state index contributed by atoms with van der Waals surface area (Å²) < 4.78 is 0. The van der Waals surface area contributed by atoms with Crippen molar-refractivity contribution < 1.29 is 4.92 Å². The number of benzene rings is 1. The lowest BCUT2D eigenvalue weighted by Gasteiger charge is -2.20. The number of nitrogens with two attached hydrogens (primary N) is 1. The molecule has 0 atom stereocenters. The molecule has 88 valence electrons. The molecule has 0 heterocycles. The smallest absolute Gasteiger partial charge is 0.269 e. The molecule has 0 amide bonds. The van der Waals surface area contributed by atoms with E-state index in [2.05, 4.69) is 4.90 Å². The third-order valence-electron chi connectivity index (χ3n) is 2.50. The molecule has 0 saturated carbocycles. The Balaban J connectivity index is 2.85. The van der Waals surface area contributed by atoms with Gasteiger partial charge in [-0.25, -0.2) is 0 Å². The summed E-state index contributed by atoms with van der Waals surface area (Å²) in [6.45, 7) is 3.38. The molecule has 5 nitrogen and oxygen atoms in total. The predicted octanol–water partition coefficient (Wildman–Crippen LogP) is 1.69. The molecule has 16 heavy (non-hydrogen) atoms. The van der Waals surface area contributed by atoms with Gasteiger partial charge in [-0.05, 0) is 31.5 Å². The van der Waals surface area contributed by atoms with Crippen LogP contribution in [-0.2, 0) is 0 Å². The lowest BCUT2D eigenvalue weighted by Crippen LogP contribution is -2.21. The number of nitro groups is 1. The van der Waals surface area contributed by atoms with Gasteiger partial charge >= 0.3 is 0 Å². The molecule has 0 spiro atoms. The minimum absolute atomic E-state index is 0.133. The van der Waals surface area contributed by atoms with Gasteiger partial charge in [0.2, 0.25) is 0 Å². The number of rotatable bonds is 5. The minimum Gasteiger partial charge on any atom is -0.374 e. The summed E-state index contributed by atoms with van der Waals surface area (Å²) >= 11 is 0. The van der Waals surface area contributed by atoms with E-state index in [0.29, 0.717) is 6.54 Å². The van der Waals surface area contributed by atoms with Gasteiger partial charge in [0.15, 0.2) is 0 Å². The van der Waals surface area contributed by atoms with Crippen molar-refractivity contribution in [3.05, 3.63) is 33.9 Å². The van der Waals surface area contributed by atoms with Gasteiger partial charge in [0, 0.05) is 31.4 Å². The van der Waals surface area contributed by atoms with Crippen molar-refractivity contribution >= 4 is 11.4 Å². The predicted molar refractivity (Wildman–Crippen MR) is 64.8 cm³/mol. The Hall–Kier alpha value is -1.62. The second-order valence-corrected chi connectivity index (χ2v) is 3.79. The molecule has 0 aliphatic heterocycles. The van der Waals surface area contributed by atoms with E-state index in [1.165, 1.54) is 6.07 Å². The highest BCUT2D eigenvalue weighted by Gasteiger charge is 2.10. The molecule has 0 bridgehead atoms. The summed E-state index contributed by atoms with van der Waals surface area (Å²) in [6, 6.07) is 4.90. The first kappa shape index (κ1) is 12.4. The molecule has 5 heteroatoms.